The van der Waals surface area contributed by atoms with Crippen LogP contribution in [0.25, 0.3) is 12.2 Å². The zero-order valence-electron chi connectivity index (χ0n) is 17.2. The summed E-state index contributed by atoms with van der Waals surface area (Å²) in [6.07, 6.45) is 3.21. The van der Waals surface area contributed by atoms with Crippen molar-refractivity contribution < 1.29 is 4.79 Å². The van der Waals surface area contributed by atoms with Gasteiger partial charge in [0.15, 0.2) is 5.78 Å². The summed E-state index contributed by atoms with van der Waals surface area (Å²) in [6, 6.07) is 0. The normalized spacial score (nSPS) is 16.9. The number of carbonyl (C=O) groups is 1. The maximum Gasteiger partial charge on any atom is 0.187 e. The number of carbonyl (C=O) groups excluding carboxylic acids is 1. The minimum absolute atomic E-state index is 0.107. The molecule has 1 aliphatic rings. The van der Waals surface area contributed by atoms with Gasteiger partial charge in [0.1, 0.15) is 0 Å². The summed E-state index contributed by atoms with van der Waals surface area (Å²) in [5.74, 6) is -0.223. The molecule has 0 amide bonds. The molecule has 0 spiro atoms. The fourth-order valence-corrected chi connectivity index (χ4v) is 3.48. The van der Waals surface area contributed by atoms with Crippen molar-refractivity contribution in [1.82, 2.24) is 5.32 Å². The van der Waals surface area contributed by atoms with Crippen molar-refractivity contribution in [3.8, 4) is 0 Å². The largest absolute Gasteiger partial charge is 0.397 e. The molecule has 1 saturated heterocycles. The first kappa shape index (κ1) is 21.5. The van der Waals surface area contributed by atoms with E-state index < -0.39 is 0 Å². The molecule has 2 aromatic carbocycles. The molecule has 0 saturated carbocycles. The van der Waals surface area contributed by atoms with Gasteiger partial charge in [-0.1, -0.05) is 0 Å². The first-order valence-corrected chi connectivity index (χ1v) is 9.37. The van der Waals surface area contributed by atoms with Gasteiger partial charge in [0.25, 0.3) is 0 Å². The summed E-state index contributed by atoms with van der Waals surface area (Å²) in [5, 5.41) is 3.16. The first-order valence-electron chi connectivity index (χ1n) is 9.37. The quantitative estimate of drug-likeness (QED) is 0.224. The summed E-state index contributed by atoms with van der Waals surface area (Å²) in [4.78, 5) is 13.2. The van der Waals surface area contributed by atoms with Gasteiger partial charge in [0.2, 0.25) is 0 Å². The summed E-state index contributed by atoms with van der Waals surface area (Å²) in [7, 11) is 0. The molecule has 164 valence electrons. The highest BCUT2D eigenvalue weighted by Crippen LogP contribution is 2.40. The van der Waals surface area contributed by atoms with Crippen LogP contribution in [0.3, 0.4) is 0 Å². The van der Waals surface area contributed by atoms with E-state index in [0.717, 1.165) is 0 Å². The van der Waals surface area contributed by atoms with Crippen LogP contribution < -0.4 is 56.9 Å². The van der Waals surface area contributed by atoms with Crippen molar-refractivity contribution in [3.05, 3.63) is 27.8 Å². The number of nitrogens with one attached hydrogen (secondary N) is 1. The Morgan fingerprint density at radius 1 is 0.581 bits per heavy atom. The molecular formula is C20H28N10O. The predicted molar refractivity (Wildman–Crippen MR) is 131 cm³/mol. The van der Waals surface area contributed by atoms with Crippen molar-refractivity contribution in [1.29, 1.82) is 0 Å². The summed E-state index contributed by atoms with van der Waals surface area (Å²) < 4.78 is 0. The maximum absolute atomic E-state index is 13.2. The zero-order chi connectivity index (χ0) is 23.2. The van der Waals surface area contributed by atoms with E-state index in [9.17, 15) is 4.79 Å². The number of nitrogens with two attached hydrogens (primary N) is 9. The summed E-state index contributed by atoms with van der Waals surface area (Å²) in [6.45, 7) is 2.36. The van der Waals surface area contributed by atoms with Gasteiger partial charge < -0.3 is 56.9 Å². The predicted octanol–water partition coefficient (Wildman–Crippen LogP) is -0.126. The monoisotopic (exact) mass is 424 g/mol. The molecule has 11 heteroatoms. The maximum atomic E-state index is 13.2. The van der Waals surface area contributed by atoms with Crippen LogP contribution in [0.2, 0.25) is 0 Å². The molecule has 31 heavy (non-hydrogen) atoms. The number of ketones is 1. The number of hydrogen-bond acceptors (Lipinski definition) is 11. The average molecular weight is 425 g/mol. The van der Waals surface area contributed by atoms with Crippen molar-refractivity contribution in [2.45, 2.75) is 6.92 Å². The van der Waals surface area contributed by atoms with Crippen LogP contribution in [0.1, 0.15) is 16.7 Å². The van der Waals surface area contributed by atoms with Crippen molar-refractivity contribution in [2.75, 3.05) is 64.7 Å². The lowest BCUT2D eigenvalue weighted by atomic mass is 9.92. The highest BCUT2D eigenvalue weighted by atomic mass is 16.1. The molecule has 19 N–H and O–H groups in total. The van der Waals surface area contributed by atoms with Gasteiger partial charge >= 0.3 is 0 Å². The molecular weight excluding hydrogens is 396 g/mol. The second-order valence-electron chi connectivity index (χ2n) is 7.45. The van der Waals surface area contributed by atoms with Gasteiger partial charge in [-0.2, -0.15) is 0 Å². The zero-order valence-corrected chi connectivity index (χ0v) is 17.2. The first-order chi connectivity index (χ1) is 14.5. The lowest BCUT2D eigenvalue weighted by molar-refractivity contribution is -0.112. The number of hydrogen-bond donors (Lipinski definition) is 10. The van der Waals surface area contributed by atoms with Crippen molar-refractivity contribution in [3.63, 3.8) is 0 Å². The minimum atomic E-state index is -0.223. The summed E-state index contributed by atoms with van der Waals surface area (Å²) >= 11 is 0. The van der Waals surface area contributed by atoms with Gasteiger partial charge in [0.05, 0.1) is 51.2 Å². The van der Waals surface area contributed by atoms with Crippen LogP contribution >= 0.6 is 0 Å². The van der Waals surface area contributed by atoms with E-state index in [2.05, 4.69) is 5.32 Å². The van der Waals surface area contributed by atoms with E-state index >= 15 is 0 Å². The molecule has 1 heterocycles. The van der Waals surface area contributed by atoms with Crippen LogP contribution in [0.15, 0.2) is 11.1 Å². The van der Waals surface area contributed by atoms with Crippen LogP contribution in [-0.2, 0) is 4.79 Å². The Morgan fingerprint density at radius 2 is 0.935 bits per heavy atom. The van der Waals surface area contributed by atoms with Gasteiger partial charge in [-0.25, -0.2) is 0 Å². The molecule has 0 aromatic heterocycles. The van der Waals surface area contributed by atoms with Crippen LogP contribution in [0.5, 0.6) is 0 Å². The van der Waals surface area contributed by atoms with Crippen LogP contribution in [-0.4, -0.2) is 18.9 Å². The molecule has 3 rings (SSSR count). The van der Waals surface area contributed by atoms with E-state index in [-0.39, 0.29) is 51.3 Å². The molecule has 0 bridgehead atoms. The highest BCUT2D eigenvalue weighted by molar-refractivity contribution is 6.16. The third kappa shape index (κ3) is 3.36. The molecule has 11 nitrogen and oxygen atoms in total. The van der Waals surface area contributed by atoms with E-state index in [1.54, 1.807) is 19.1 Å². The SMILES string of the molecule is Cc1c(N)c(N)c(N)c(N)c1/C=C1\CNC/C(=C\c2c(N)c(N)c(N)c(N)c2N)C1=O. The smallest absolute Gasteiger partial charge is 0.187 e. The lowest BCUT2D eigenvalue weighted by Crippen LogP contribution is -2.33. The summed E-state index contributed by atoms with van der Waals surface area (Å²) in [5.41, 5.74) is 57.8. The lowest BCUT2D eigenvalue weighted by Gasteiger charge is -2.21. The Hall–Kier alpha value is -4.25. The Balaban J connectivity index is 2.11. The topological polar surface area (TPSA) is 263 Å². The van der Waals surface area contributed by atoms with Gasteiger partial charge in [-0.05, 0) is 24.6 Å². The van der Waals surface area contributed by atoms with E-state index in [1.165, 1.54) is 0 Å². The number of anilines is 9. The van der Waals surface area contributed by atoms with E-state index in [0.29, 0.717) is 46.6 Å². The number of benzene rings is 2. The van der Waals surface area contributed by atoms with E-state index in [1.807, 2.05) is 0 Å². The van der Waals surface area contributed by atoms with Gasteiger partial charge in [-0.15, -0.1) is 0 Å². The Kier molecular flexibility index (Phi) is 5.22. The second-order valence-corrected chi connectivity index (χ2v) is 7.45. The van der Waals surface area contributed by atoms with Crippen LogP contribution in [0, 0.1) is 6.92 Å². The number of rotatable bonds is 2. The molecule has 1 fully saturated rings. The van der Waals surface area contributed by atoms with Crippen LogP contribution in [0.4, 0.5) is 51.2 Å². The fourth-order valence-electron chi connectivity index (χ4n) is 3.48. The number of piperidine rings is 1. The number of Topliss-reactive ketones (excluding diaryl/α,β-unsaturated/α-hetero) is 1. The number of nitrogen functional groups attached to an aromatic ring is 9. The third-order valence-corrected chi connectivity index (χ3v) is 5.56. The molecule has 0 radical (unpaired) electrons. The van der Waals surface area contributed by atoms with Crippen molar-refractivity contribution >= 4 is 69.1 Å². The highest BCUT2D eigenvalue weighted by Gasteiger charge is 2.24. The molecule has 0 unspecified atom stereocenters. The Bertz CT molecular complexity index is 1030. The Labute approximate surface area is 179 Å². The average Bonchev–Trinajstić information content (AvgIpc) is 2.76. The molecule has 2 aromatic rings. The minimum Gasteiger partial charge on any atom is -0.397 e. The molecule has 0 atom stereocenters. The Morgan fingerprint density at radius 3 is 1.42 bits per heavy atom. The standard InChI is InChI=1S/C20H28N10O/c1-6-9(12(22)16(26)15(25)11(6)21)2-7-4-30-5-8(20(7)31)3-10-13(23)17(27)19(29)18(28)14(10)24/h2-3,30H,4-5,21-29H2,1H3/b7-2+,8-3+. The van der Waals surface area contributed by atoms with Gasteiger partial charge in [-0.3, -0.25) is 4.79 Å². The van der Waals surface area contributed by atoms with Crippen molar-refractivity contribution in [2.24, 2.45) is 0 Å². The molecule has 1 aliphatic heterocycles. The van der Waals surface area contributed by atoms with Gasteiger partial charge in [0, 0.05) is 35.4 Å². The van der Waals surface area contributed by atoms with E-state index in [4.69, 9.17) is 51.6 Å². The third-order valence-electron chi connectivity index (χ3n) is 5.56. The fraction of sp³-hybridized carbons (Fsp3) is 0.150. The molecule has 0 aliphatic carbocycles. The second kappa shape index (κ2) is 7.54.